The van der Waals surface area contributed by atoms with Gasteiger partial charge in [-0.15, -0.1) is 0 Å². The van der Waals surface area contributed by atoms with Crippen LogP contribution in [0, 0.1) is 11.8 Å². The van der Waals surface area contributed by atoms with Gasteiger partial charge in [-0.2, -0.15) is 0 Å². The molecule has 0 aromatic heterocycles. The highest BCUT2D eigenvalue weighted by Gasteiger charge is 2.42. The summed E-state index contributed by atoms with van der Waals surface area (Å²) in [4.78, 5) is 0. The average molecular weight is 163 g/mol. The lowest BCUT2D eigenvalue weighted by Gasteiger charge is -2.35. The van der Waals surface area contributed by atoms with E-state index in [-0.39, 0.29) is 12.3 Å². The molecule has 0 spiro atoms. The number of alkyl halides is 2. The molecular formula is C8H15F2N. The van der Waals surface area contributed by atoms with Gasteiger partial charge in [0.15, 0.2) is 0 Å². The molecule has 0 radical (unpaired) electrons. The molecule has 1 heterocycles. The number of halogens is 2. The molecule has 1 nitrogen and oxygen atoms in total. The fraction of sp³-hybridized carbons (Fsp3) is 1.00. The lowest BCUT2D eigenvalue weighted by atomic mass is 9.89. The number of hydrogen-bond acceptors (Lipinski definition) is 1. The van der Waals surface area contributed by atoms with Crippen LogP contribution in [0.5, 0.6) is 0 Å². The zero-order chi connectivity index (χ0) is 8.48. The lowest BCUT2D eigenvalue weighted by Crippen LogP contribution is -2.52. The molecule has 1 aliphatic heterocycles. The Hall–Kier alpha value is -0.180. The van der Waals surface area contributed by atoms with Gasteiger partial charge in [-0.25, -0.2) is 8.78 Å². The lowest BCUT2D eigenvalue weighted by molar-refractivity contribution is -0.0908. The largest absolute Gasteiger partial charge is 0.316 e. The molecule has 0 unspecified atom stereocenters. The third kappa shape index (κ3) is 2.12. The van der Waals surface area contributed by atoms with Crippen LogP contribution in [-0.4, -0.2) is 19.0 Å². The minimum atomic E-state index is -2.45. The van der Waals surface area contributed by atoms with Crippen molar-refractivity contribution in [2.45, 2.75) is 26.2 Å². The quantitative estimate of drug-likeness (QED) is 0.670. The van der Waals surface area contributed by atoms with Crippen LogP contribution in [0.3, 0.4) is 0 Å². The zero-order valence-corrected chi connectivity index (χ0v) is 7.03. The molecule has 1 aliphatic rings. The van der Waals surface area contributed by atoms with Gasteiger partial charge in [0.25, 0.3) is 5.92 Å². The first-order valence-electron chi connectivity index (χ1n) is 4.11. The molecule has 1 N–H and O–H groups in total. The fourth-order valence-corrected chi connectivity index (χ4v) is 1.30. The van der Waals surface area contributed by atoms with E-state index in [1.807, 2.05) is 13.8 Å². The van der Waals surface area contributed by atoms with Gasteiger partial charge in [0, 0.05) is 25.4 Å². The Labute approximate surface area is 66.2 Å². The Kier molecular flexibility index (Phi) is 2.47. The molecule has 0 saturated carbocycles. The second-order valence-corrected chi connectivity index (χ2v) is 3.71. The van der Waals surface area contributed by atoms with Crippen molar-refractivity contribution in [2.75, 3.05) is 13.1 Å². The van der Waals surface area contributed by atoms with Crippen molar-refractivity contribution in [3.05, 3.63) is 0 Å². The summed E-state index contributed by atoms with van der Waals surface area (Å²) < 4.78 is 26.2. The molecule has 11 heavy (non-hydrogen) atoms. The van der Waals surface area contributed by atoms with Crippen LogP contribution in [0.1, 0.15) is 20.3 Å². The Bertz CT molecular complexity index is 130. The molecular weight excluding hydrogens is 148 g/mol. The Morgan fingerprint density at radius 1 is 1.45 bits per heavy atom. The van der Waals surface area contributed by atoms with E-state index in [0.717, 1.165) is 0 Å². The van der Waals surface area contributed by atoms with Crippen LogP contribution in [0.4, 0.5) is 8.78 Å². The van der Waals surface area contributed by atoms with E-state index < -0.39 is 11.8 Å². The fourth-order valence-electron chi connectivity index (χ4n) is 1.30. The smallest absolute Gasteiger partial charge is 0.253 e. The molecule has 0 atom stereocenters. The van der Waals surface area contributed by atoms with Gasteiger partial charge in [0.2, 0.25) is 0 Å². The van der Waals surface area contributed by atoms with Gasteiger partial charge < -0.3 is 5.32 Å². The van der Waals surface area contributed by atoms with Crippen LogP contribution in [0.25, 0.3) is 0 Å². The second-order valence-electron chi connectivity index (χ2n) is 3.71. The van der Waals surface area contributed by atoms with E-state index in [4.69, 9.17) is 0 Å². The van der Waals surface area contributed by atoms with E-state index in [1.165, 1.54) is 0 Å². The van der Waals surface area contributed by atoms with Crippen molar-refractivity contribution in [1.29, 1.82) is 0 Å². The number of rotatable bonds is 3. The van der Waals surface area contributed by atoms with E-state index in [0.29, 0.717) is 13.1 Å². The maximum Gasteiger partial charge on any atom is 0.253 e. The molecule has 0 aliphatic carbocycles. The van der Waals surface area contributed by atoms with Crippen molar-refractivity contribution in [2.24, 2.45) is 11.8 Å². The average Bonchev–Trinajstić information content (AvgIpc) is 1.50. The van der Waals surface area contributed by atoms with Gasteiger partial charge in [-0.05, 0) is 5.92 Å². The third-order valence-electron chi connectivity index (χ3n) is 2.06. The van der Waals surface area contributed by atoms with Crippen LogP contribution < -0.4 is 5.32 Å². The van der Waals surface area contributed by atoms with E-state index >= 15 is 0 Å². The van der Waals surface area contributed by atoms with Crippen LogP contribution in [0.2, 0.25) is 0 Å². The van der Waals surface area contributed by atoms with E-state index in [9.17, 15) is 8.78 Å². The van der Waals surface area contributed by atoms with Crippen LogP contribution in [0.15, 0.2) is 0 Å². The first-order valence-corrected chi connectivity index (χ1v) is 4.11. The van der Waals surface area contributed by atoms with Gasteiger partial charge in [0.1, 0.15) is 0 Å². The van der Waals surface area contributed by atoms with Crippen molar-refractivity contribution < 1.29 is 8.78 Å². The van der Waals surface area contributed by atoms with E-state index in [1.54, 1.807) is 0 Å². The summed E-state index contributed by atoms with van der Waals surface area (Å²) >= 11 is 0. The van der Waals surface area contributed by atoms with E-state index in [2.05, 4.69) is 5.32 Å². The molecule has 0 amide bonds. The first-order chi connectivity index (χ1) is 5.02. The van der Waals surface area contributed by atoms with Crippen molar-refractivity contribution in [3.63, 3.8) is 0 Å². The summed E-state index contributed by atoms with van der Waals surface area (Å²) in [7, 11) is 0. The molecule has 0 aromatic rings. The van der Waals surface area contributed by atoms with Gasteiger partial charge in [-0.3, -0.25) is 0 Å². The second kappa shape index (κ2) is 3.05. The first kappa shape index (κ1) is 8.91. The summed E-state index contributed by atoms with van der Waals surface area (Å²) in [6.07, 6.45) is 0.0271. The minimum absolute atomic E-state index is 0.0271. The maximum atomic E-state index is 13.1. The predicted molar refractivity (Wildman–Crippen MR) is 40.8 cm³/mol. The molecule has 1 fully saturated rings. The number of hydrogen-bond donors (Lipinski definition) is 1. The molecule has 1 rings (SSSR count). The Balaban J connectivity index is 2.37. The van der Waals surface area contributed by atoms with Crippen LogP contribution >= 0.6 is 0 Å². The summed E-state index contributed by atoms with van der Waals surface area (Å²) in [6, 6.07) is 0. The topological polar surface area (TPSA) is 12.0 Å². The highest BCUT2D eigenvalue weighted by Crippen LogP contribution is 2.33. The van der Waals surface area contributed by atoms with Gasteiger partial charge in [0.05, 0.1) is 0 Å². The summed E-state index contributed by atoms with van der Waals surface area (Å²) in [5, 5.41) is 2.86. The standard InChI is InChI=1S/C8H15F2N/c1-6(2)3-8(9,10)7-4-11-5-7/h6-7,11H,3-5H2,1-2H3. The summed E-state index contributed by atoms with van der Waals surface area (Å²) in [6.45, 7) is 4.64. The normalized spacial score (nSPS) is 20.5. The van der Waals surface area contributed by atoms with Crippen molar-refractivity contribution in [1.82, 2.24) is 5.32 Å². The molecule has 1 saturated heterocycles. The monoisotopic (exact) mass is 163 g/mol. The number of nitrogens with one attached hydrogen (secondary N) is 1. The van der Waals surface area contributed by atoms with Crippen molar-refractivity contribution >= 4 is 0 Å². The van der Waals surface area contributed by atoms with Gasteiger partial charge in [-0.1, -0.05) is 13.8 Å². The zero-order valence-electron chi connectivity index (χ0n) is 7.03. The predicted octanol–water partition coefficient (Wildman–Crippen LogP) is 1.89. The maximum absolute atomic E-state index is 13.1. The molecule has 0 bridgehead atoms. The molecule has 66 valence electrons. The highest BCUT2D eigenvalue weighted by atomic mass is 19.3. The van der Waals surface area contributed by atoms with Crippen molar-refractivity contribution in [3.8, 4) is 0 Å². The van der Waals surface area contributed by atoms with Crippen LogP contribution in [-0.2, 0) is 0 Å². The third-order valence-corrected chi connectivity index (χ3v) is 2.06. The SMILES string of the molecule is CC(C)CC(F)(F)C1CNC1. The molecule has 3 heteroatoms. The Morgan fingerprint density at radius 3 is 2.27 bits per heavy atom. The minimum Gasteiger partial charge on any atom is -0.316 e. The summed E-state index contributed by atoms with van der Waals surface area (Å²) in [5.74, 6) is -2.77. The van der Waals surface area contributed by atoms with Gasteiger partial charge >= 0.3 is 0 Å². The molecule has 0 aromatic carbocycles. The summed E-state index contributed by atoms with van der Waals surface area (Å²) in [5.41, 5.74) is 0. The highest BCUT2D eigenvalue weighted by molar-refractivity contribution is 4.87. The Morgan fingerprint density at radius 2 is 2.00 bits per heavy atom.